The standard InChI is InChI=1S/C15H18N4O2/c1-8(2)13-11(20)5-9(6-12(13)21-3)4-10-7-18-15(17)19-14(10)16/h5-7,20H,1,4H2,2-3H3,(H4,16,17,18,19). The van der Waals surface area contributed by atoms with Gasteiger partial charge in [0, 0.05) is 18.2 Å². The average molecular weight is 286 g/mol. The van der Waals surface area contributed by atoms with Gasteiger partial charge in [0.1, 0.15) is 17.3 Å². The van der Waals surface area contributed by atoms with Crippen molar-refractivity contribution >= 4 is 17.3 Å². The van der Waals surface area contributed by atoms with E-state index in [2.05, 4.69) is 16.5 Å². The summed E-state index contributed by atoms with van der Waals surface area (Å²) in [4.78, 5) is 7.84. The molecule has 0 aliphatic carbocycles. The zero-order valence-corrected chi connectivity index (χ0v) is 12.1. The Morgan fingerprint density at radius 2 is 2.10 bits per heavy atom. The summed E-state index contributed by atoms with van der Waals surface area (Å²) in [5, 5.41) is 10.1. The minimum Gasteiger partial charge on any atom is -0.507 e. The summed E-state index contributed by atoms with van der Waals surface area (Å²) in [5.41, 5.74) is 14.2. The lowest BCUT2D eigenvalue weighted by Crippen LogP contribution is -2.04. The second-order valence-corrected chi connectivity index (χ2v) is 4.79. The number of hydrogen-bond acceptors (Lipinski definition) is 6. The maximum atomic E-state index is 10.1. The van der Waals surface area contributed by atoms with Gasteiger partial charge >= 0.3 is 0 Å². The van der Waals surface area contributed by atoms with Gasteiger partial charge in [-0.1, -0.05) is 6.58 Å². The van der Waals surface area contributed by atoms with Gasteiger partial charge in [-0.3, -0.25) is 0 Å². The normalized spacial score (nSPS) is 10.4. The zero-order chi connectivity index (χ0) is 15.6. The summed E-state index contributed by atoms with van der Waals surface area (Å²) < 4.78 is 5.31. The number of nitrogen functional groups attached to an aromatic ring is 2. The van der Waals surface area contributed by atoms with Crippen LogP contribution in [-0.2, 0) is 6.42 Å². The topological polar surface area (TPSA) is 107 Å². The molecule has 0 aliphatic heterocycles. The van der Waals surface area contributed by atoms with E-state index < -0.39 is 0 Å². The van der Waals surface area contributed by atoms with Crippen LogP contribution in [0.5, 0.6) is 11.5 Å². The highest BCUT2D eigenvalue weighted by atomic mass is 16.5. The van der Waals surface area contributed by atoms with E-state index in [0.717, 1.165) is 16.7 Å². The third-order valence-electron chi connectivity index (χ3n) is 3.10. The lowest BCUT2D eigenvalue weighted by molar-refractivity contribution is 0.405. The van der Waals surface area contributed by atoms with E-state index in [1.807, 2.05) is 13.0 Å². The fraction of sp³-hybridized carbons (Fsp3) is 0.200. The first-order valence-electron chi connectivity index (χ1n) is 6.35. The van der Waals surface area contributed by atoms with E-state index >= 15 is 0 Å². The number of nitrogens with zero attached hydrogens (tertiary/aromatic N) is 2. The van der Waals surface area contributed by atoms with Crippen LogP contribution in [-0.4, -0.2) is 22.2 Å². The van der Waals surface area contributed by atoms with Crippen molar-refractivity contribution in [1.29, 1.82) is 0 Å². The minimum atomic E-state index is 0.117. The number of rotatable bonds is 4. The van der Waals surface area contributed by atoms with Crippen molar-refractivity contribution in [3.8, 4) is 11.5 Å². The molecule has 5 N–H and O–H groups in total. The summed E-state index contributed by atoms with van der Waals surface area (Å²) in [6, 6.07) is 3.49. The third kappa shape index (κ3) is 3.05. The van der Waals surface area contributed by atoms with E-state index in [1.54, 1.807) is 19.4 Å². The van der Waals surface area contributed by atoms with E-state index in [-0.39, 0.29) is 11.7 Å². The zero-order valence-electron chi connectivity index (χ0n) is 12.1. The fourth-order valence-corrected chi connectivity index (χ4v) is 2.14. The average Bonchev–Trinajstić information content (AvgIpc) is 2.40. The van der Waals surface area contributed by atoms with Gasteiger partial charge in [-0.25, -0.2) is 4.98 Å². The molecule has 0 amide bonds. The molecule has 6 heteroatoms. The number of aromatic hydroxyl groups is 1. The van der Waals surface area contributed by atoms with Gasteiger partial charge in [0.05, 0.1) is 12.7 Å². The highest BCUT2D eigenvalue weighted by molar-refractivity contribution is 5.73. The molecule has 0 atom stereocenters. The van der Waals surface area contributed by atoms with Crippen LogP contribution in [0, 0.1) is 0 Å². The number of phenolic OH excluding ortho intramolecular Hbond substituents is 1. The van der Waals surface area contributed by atoms with E-state index in [0.29, 0.717) is 23.6 Å². The smallest absolute Gasteiger partial charge is 0.221 e. The highest BCUT2D eigenvalue weighted by Gasteiger charge is 2.13. The van der Waals surface area contributed by atoms with Gasteiger partial charge in [0.2, 0.25) is 5.95 Å². The molecule has 0 aliphatic rings. The number of hydrogen-bond donors (Lipinski definition) is 3. The molecule has 21 heavy (non-hydrogen) atoms. The molecule has 1 aromatic heterocycles. The number of methoxy groups -OCH3 is 1. The predicted octanol–water partition coefficient (Wildman–Crippen LogP) is 1.98. The lowest BCUT2D eigenvalue weighted by atomic mass is 10.00. The van der Waals surface area contributed by atoms with Crippen LogP contribution in [0.25, 0.3) is 5.57 Å². The fourth-order valence-electron chi connectivity index (χ4n) is 2.14. The number of anilines is 2. The summed E-state index contributed by atoms with van der Waals surface area (Å²) in [6.45, 7) is 5.65. The molecule has 0 spiro atoms. The SMILES string of the molecule is C=C(C)c1c(O)cc(Cc2cnc(N)nc2N)cc1OC. The quantitative estimate of drug-likeness (QED) is 0.793. The van der Waals surface area contributed by atoms with Crippen LogP contribution in [0.15, 0.2) is 24.9 Å². The van der Waals surface area contributed by atoms with Crippen molar-refractivity contribution < 1.29 is 9.84 Å². The molecule has 0 radical (unpaired) electrons. The summed E-state index contributed by atoms with van der Waals surface area (Å²) in [5.74, 6) is 1.14. The Morgan fingerprint density at radius 1 is 1.38 bits per heavy atom. The van der Waals surface area contributed by atoms with Crippen molar-refractivity contribution in [2.75, 3.05) is 18.6 Å². The van der Waals surface area contributed by atoms with Gasteiger partial charge in [-0.15, -0.1) is 0 Å². The number of allylic oxidation sites excluding steroid dienone is 1. The molecule has 1 aromatic carbocycles. The molecule has 1 heterocycles. The maximum Gasteiger partial charge on any atom is 0.221 e. The largest absolute Gasteiger partial charge is 0.507 e. The van der Waals surface area contributed by atoms with Gasteiger partial charge in [0.25, 0.3) is 0 Å². The molecule has 0 fully saturated rings. The minimum absolute atomic E-state index is 0.117. The predicted molar refractivity (Wildman–Crippen MR) is 83.0 cm³/mol. The Labute approximate surface area is 123 Å². The summed E-state index contributed by atoms with van der Waals surface area (Å²) >= 11 is 0. The number of aromatic nitrogens is 2. The molecular weight excluding hydrogens is 268 g/mol. The van der Waals surface area contributed by atoms with Crippen molar-refractivity contribution in [1.82, 2.24) is 9.97 Å². The monoisotopic (exact) mass is 286 g/mol. The van der Waals surface area contributed by atoms with Crippen LogP contribution in [0.3, 0.4) is 0 Å². The molecular formula is C15H18N4O2. The van der Waals surface area contributed by atoms with Crippen LogP contribution in [0.4, 0.5) is 11.8 Å². The third-order valence-corrected chi connectivity index (χ3v) is 3.10. The van der Waals surface area contributed by atoms with Crippen LogP contribution < -0.4 is 16.2 Å². The molecule has 0 saturated carbocycles. The summed E-state index contributed by atoms with van der Waals surface area (Å²) in [6.07, 6.45) is 2.04. The molecule has 0 unspecified atom stereocenters. The number of phenols is 1. The van der Waals surface area contributed by atoms with Gasteiger partial charge in [0.15, 0.2) is 0 Å². The van der Waals surface area contributed by atoms with Crippen molar-refractivity contribution in [3.63, 3.8) is 0 Å². The first kappa shape index (κ1) is 14.6. The molecule has 2 rings (SSSR count). The molecule has 2 aromatic rings. The van der Waals surface area contributed by atoms with Gasteiger partial charge in [-0.05, 0) is 30.2 Å². The Kier molecular flexibility index (Phi) is 3.98. The Bertz CT molecular complexity index is 698. The first-order valence-corrected chi connectivity index (χ1v) is 6.35. The van der Waals surface area contributed by atoms with Crippen LogP contribution >= 0.6 is 0 Å². The number of benzene rings is 1. The van der Waals surface area contributed by atoms with E-state index in [1.165, 1.54) is 0 Å². The highest BCUT2D eigenvalue weighted by Crippen LogP contribution is 2.35. The van der Waals surface area contributed by atoms with Gasteiger partial charge in [-0.2, -0.15) is 4.98 Å². The second-order valence-electron chi connectivity index (χ2n) is 4.79. The lowest BCUT2D eigenvalue weighted by Gasteiger charge is -2.13. The van der Waals surface area contributed by atoms with Crippen molar-refractivity contribution in [3.05, 3.63) is 41.6 Å². The van der Waals surface area contributed by atoms with Crippen LogP contribution in [0.1, 0.15) is 23.6 Å². The second kappa shape index (κ2) is 5.70. The number of nitrogens with two attached hydrogens (primary N) is 2. The van der Waals surface area contributed by atoms with Crippen molar-refractivity contribution in [2.45, 2.75) is 13.3 Å². The van der Waals surface area contributed by atoms with E-state index in [4.69, 9.17) is 16.2 Å². The maximum absolute atomic E-state index is 10.1. The van der Waals surface area contributed by atoms with Crippen LogP contribution in [0.2, 0.25) is 0 Å². The Hall–Kier alpha value is -2.76. The molecule has 6 nitrogen and oxygen atoms in total. The first-order chi connectivity index (χ1) is 9.92. The van der Waals surface area contributed by atoms with Crippen molar-refractivity contribution in [2.24, 2.45) is 0 Å². The van der Waals surface area contributed by atoms with Gasteiger partial charge < -0.3 is 21.3 Å². The molecule has 0 bridgehead atoms. The molecule has 0 saturated heterocycles. The Morgan fingerprint density at radius 3 is 2.67 bits per heavy atom. The van der Waals surface area contributed by atoms with E-state index in [9.17, 15) is 5.11 Å². The Balaban J connectivity index is 2.41. The molecule has 110 valence electrons. The summed E-state index contributed by atoms with van der Waals surface area (Å²) in [7, 11) is 1.55. The number of ether oxygens (including phenoxy) is 1.